The third-order valence-corrected chi connectivity index (χ3v) is 2.30. The first-order valence-corrected chi connectivity index (χ1v) is 4.90. The molecular weight excluding hydrogens is 199 g/mol. The summed E-state index contributed by atoms with van der Waals surface area (Å²) < 4.78 is 14.2. The Morgan fingerprint density at radius 3 is 3.00 bits per heavy atom. The molecule has 1 fully saturated rings. The van der Waals surface area contributed by atoms with Crippen LogP contribution >= 0.6 is 0 Å². The molecule has 82 valence electrons. The lowest BCUT2D eigenvalue weighted by Crippen LogP contribution is -2.55. The average Bonchev–Trinajstić information content (AvgIpc) is 2.65. The van der Waals surface area contributed by atoms with Crippen molar-refractivity contribution >= 4 is 6.03 Å². The van der Waals surface area contributed by atoms with Crippen LogP contribution in [0.5, 0.6) is 0 Å². The van der Waals surface area contributed by atoms with Gasteiger partial charge in [0.15, 0.2) is 0 Å². The van der Waals surface area contributed by atoms with E-state index in [1.165, 1.54) is 4.90 Å². The Balaban J connectivity index is 1.64. The van der Waals surface area contributed by atoms with Gasteiger partial charge in [0.25, 0.3) is 0 Å². The molecule has 0 saturated carbocycles. The first-order valence-electron chi connectivity index (χ1n) is 4.90. The Hall–Kier alpha value is -1.59. The fourth-order valence-corrected chi connectivity index (χ4v) is 1.41. The molecule has 1 aromatic heterocycles. The molecule has 1 aliphatic heterocycles. The number of halogens is 1. The maximum absolute atomic E-state index is 12.4. The Morgan fingerprint density at radius 2 is 2.40 bits per heavy atom. The van der Waals surface area contributed by atoms with Gasteiger partial charge in [-0.15, -0.1) is 0 Å². The molecule has 0 bridgehead atoms. The van der Waals surface area contributed by atoms with Crippen molar-refractivity contribution in [3.63, 3.8) is 0 Å². The molecule has 2 rings (SSSR count). The molecule has 1 saturated heterocycles. The van der Waals surface area contributed by atoms with E-state index >= 15 is 0 Å². The summed E-state index contributed by atoms with van der Waals surface area (Å²) in [4.78, 5) is 12.8. The fourth-order valence-electron chi connectivity index (χ4n) is 1.41. The highest BCUT2D eigenvalue weighted by Gasteiger charge is 2.29. The van der Waals surface area contributed by atoms with E-state index < -0.39 is 6.17 Å². The van der Waals surface area contributed by atoms with Crippen molar-refractivity contribution < 1.29 is 9.18 Å². The van der Waals surface area contributed by atoms with Crippen LogP contribution in [0.4, 0.5) is 9.18 Å². The first-order chi connectivity index (χ1) is 7.25. The third-order valence-electron chi connectivity index (χ3n) is 2.30. The number of hydrogen-bond acceptors (Lipinski definition) is 2. The van der Waals surface area contributed by atoms with Gasteiger partial charge >= 0.3 is 6.03 Å². The van der Waals surface area contributed by atoms with Gasteiger partial charge in [0.05, 0.1) is 19.6 Å². The van der Waals surface area contributed by atoms with E-state index in [9.17, 15) is 9.18 Å². The van der Waals surface area contributed by atoms with Gasteiger partial charge in [0.2, 0.25) is 0 Å². The molecule has 2 heterocycles. The number of urea groups is 1. The summed E-state index contributed by atoms with van der Waals surface area (Å²) in [6, 6.07) is 1.63. The Labute approximate surface area is 86.9 Å². The van der Waals surface area contributed by atoms with E-state index in [4.69, 9.17) is 0 Å². The Morgan fingerprint density at radius 1 is 1.60 bits per heavy atom. The summed E-state index contributed by atoms with van der Waals surface area (Å²) in [7, 11) is 0. The van der Waals surface area contributed by atoms with E-state index in [-0.39, 0.29) is 19.1 Å². The zero-order chi connectivity index (χ0) is 10.7. The number of nitrogens with zero attached hydrogens (tertiary/aromatic N) is 3. The van der Waals surface area contributed by atoms with Crippen LogP contribution in [0, 0.1) is 0 Å². The number of carbonyl (C=O) groups excluding carboxylic acids is 1. The number of likely N-dealkylation sites (tertiary alicyclic amines) is 1. The standard InChI is InChI=1S/C9H13FN4O/c10-8-6-13(7-8)9(15)11-3-5-14-4-1-2-12-14/h1-2,4,8H,3,5-7H2,(H,11,15). The molecule has 0 radical (unpaired) electrons. The van der Waals surface area contributed by atoms with Crippen LogP contribution in [0.2, 0.25) is 0 Å². The lowest BCUT2D eigenvalue weighted by molar-refractivity contribution is 0.0898. The lowest BCUT2D eigenvalue weighted by Gasteiger charge is -2.34. The summed E-state index contributed by atoms with van der Waals surface area (Å²) >= 11 is 0. The van der Waals surface area contributed by atoms with Gasteiger partial charge < -0.3 is 10.2 Å². The smallest absolute Gasteiger partial charge is 0.317 e. The number of nitrogens with one attached hydrogen (secondary N) is 1. The molecule has 0 atom stereocenters. The predicted molar refractivity (Wildman–Crippen MR) is 52.1 cm³/mol. The maximum atomic E-state index is 12.4. The number of aromatic nitrogens is 2. The van der Waals surface area contributed by atoms with Gasteiger partial charge in [-0.25, -0.2) is 9.18 Å². The summed E-state index contributed by atoms with van der Waals surface area (Å²) in [5.41, 5.74) is 0. The second-order valence-corrected chi connectivity index (χ2v) is 3.50. The molecule has 1 N–H and O–H groups in total. The summed E-state index contributed by atoms with van der Waals surface area (Å²) in [5, 5.41) is 6.70. The van der Waals surface area contributed by atoms with E-state index in [0.717, 1.165) is 0 Å². The molecule has 0 aromatic carbocycles. The van der Waals surface area contributed by atoms with Crippen molar-refractivity contribution in [2.45, 2.75) is 12.7 Å². The van der Waals surface area contributed by atoms with Crippen molar-refractivity contribution in [2.24, 2.45) is 0 Å². The zero-order valence-electron chi connectivity index (χ0n) is 8.27. The highest BCUT2D eigenvalue weighted by atomic mass is 19.1. The van der Waals surface area contributed by atoms with Crippen LogP contribution in [0.15, 0.2) is 18.5 Å². The summed E-state index contributed by atoms with van der Waals surface area (Å²) in [5.74, 6) is 0. The Bertz CT molecular complexity index is 321. The molecular formula is C9H13FN4O. The van der Waals surface area contributed by atoms with Crippen LogP contribution in [0.3, 0.4) is 0 Å². The minimum Gasteiger partial charge on any atom is -0.336 e. The first kappa shape index (κ1) is 9.95. The molecule has 0 spiro atoms. The monoisotopic (exact) mass is 212 g/mol. The van der Waals surface area contributed by atoms with Gasteiger partial charge in [0, 0.05) is 18.9 Å². The SMILES string of the molecule is O=C(NCCn1cccn1)N1CC(F)C1. The number of alkyl halides is 1. The van der Waals surface area contributed by atoms with Crippen LogP contribution in [-0.4, -0.2) is 46.5 Å². The number of carbonyl (C=O) groups is 1. The molecule has 1 aliphatic rings. The van der Waals surface area contributed by atoms with Crippen molar-refractivity contribution in [3.05, 3.63) is 18.5 Å². The average molecular weight is 212 g/mol. The molecule has 15 heavy (non-hydrogen) atoms. The quantitative estimate of drug-likeness (QED) is 0.780. The van der Waals surface area contributed by atoms with Crippen molar-refractivity contribution in [3.8, 4) is 0 Å². The van der Waals surface area contributed by atoms with Gasteiger partial charge in [-0.05, 0) is 6.07 Å². The number of rotatable bonds is 3. The minimum absolute atomic E-state index is 0.198. The summed E-state index contributed by atoms with van der Waals surface area (Å²) in [6.07, 6.45) is 2.67. The van der Waals surface area contributed by atoms with E-state index in [0.29, 0.717) is 13.1 Å². The van der Waals surface area contributed by atoms with Gasteiger partial charge in [0.1, 0.15) is 6.17 Å². The van der Waals surface area contributed by atoms with Crippen molar-refractivity contribution in [2.75, 3.05) is 19.6 Å². The molecule has 1 aromatic rings. The second kappa shape index (κ2) is 4.29. The topological polar surface area (TPSA) is 50.2 Å². The highest BCUT2D eigenvalue weighted by Crippen LogP contribution is 2.10. The molecule has 0 unspecified atom stereocenters. The third kappa shape index (κ3) is 2.45. The van der Waals surface area contributed by atoms with Crippen molar-refractivity contribution in [1.82, 2.24) is 20.0 Å². The maximum Gasteiger partial charge on any atom is 0.317 e. The Kier molecular flexibility index (Phi) is 2.84. The second-order valence-electron chi connectivity index (χ2n) is 3.50. The largest absolute Gasteiger partial charge is 0.336 e. The van der Waals surface area contributed by atoms with Crippen LogP contribution in [-0.2, 0) is 6.54 Å². The molecule has 0 aliphatic carbocycles. The lowest BCUT2D eigenvalue weighted by atomic mass is 10.2. The van der Waals surface area contributed by atoms with E-state index in [1.54, 1.807) is 10.9 Å². The van der Waals surface area contributed by atoms with E-state index in [2.05, 4.69) is 10.4 Å². The molecule has 6 heteroatoms. The summed E-state index contributed by atoms with van der Waals surface area (Å²) in [6.45, 7) is 1.57. The number of hydrogen-bond donors (Lipinski definition) is 1. The molecule has 2 amide bonds. The normalized spacial score (nSPS) is 16.2. The van der Waals surface area contributed by atoms with Crippen LogP contribution in [0.1, 0.15) is 0 Å². The van der Waals surface area contributed by atoms with Crippen molar-refractivity contribution in [1.29, 1.82) is 0 Å². The van der Waals surface area contributed by atoms with E-state index in [1.807, 2.05) is 12.3 Å². The van der Waals surface area contributed by atoms with Gasteiger partial charge in [-0.3, -0.25) is 4.68 Å². The number of amides is 2. The predicted octanol–water partition coefficient (Wildman–Crippen LogP) is 0.246. The van der Waals surface area contributed by atoms with Crippen LogP contribution < -0.4 is 5.32 Å². The molecule has 5 nitrogen and oxygen atoms in total. The van der Waals surface area contributed by atoms with Gasteiger partial charge in [-0.2, -0.15) is 5.10 Å². The zero-order valence-corrected chi connectivity index (χ0v) is 8.27. The van der Waals surface area contributed by atoms with Gasteiger partial charge in [-0.1, -0.05) is 0 Å². The highest BCUT2D eigenvalue weighted by molar-refractivity contribution is 5.75. The minimum atomic E-state index is -0.845. The van der Waals surface area contributed by atoms with Crippen LogP contribution in [0.25, 0.3) is 0 Å². The fraction of sp³-hybridized carbons (Fsp3) is 0.556.